The van der Waals surface area contributed by atoms with E-state index < -0.39 is 10.0 Å². The fraction of sp³-hybridized carbons (Fsp3) is 0.143. The maximum Gasteiger partial charge on any atom is 0.268 e. The highest BCUT2D eigenvalue weighted by Crippen LogP contribution is 2.29. The van der Waals surface area contributed by atoms with E-state index in [2.05, 4.69) is 10.2 Å². The molecule has 0 aliphatic heterocycles. The molecule has 2 aromatic heterocycles. The van der Waals surface area contributed by atoms with Crippen molar-refractivity contribution >= 4 is 33.0 Å². The molecule has 0 fully saturated rings. The summed E-state index contributed by atoms with van der Waals surface area (Å²) >= 11 is 6.02. The predicted molar refractivity (Wildman–Crippen MR) is 114 cm³/mol. The van der Waals surface area contributed by atoms with E-state index in [4.69, 9.17) is 11.6 Å². The van der Waals surface area contributed by atoms with Crippen LogP contribution in [0.2, 0.25) is 5.02 Å². The quantitative estimate of drug-likeness (QED) is 0.474. The van der Waals surface area contributed by atoms with Gasteiger partial charge in [0.25, 0.3) is 10.0 Å². The number of nitrogens with zero attached hydrogens (tertiary/aromatic N) is 4. The van der Waals surface area contributed by atoms with E-state index in [1.54, 1.807) is 53.9 Å². The number of benzene rings is 2. The number of fused-ring (bicyclic) bond motifs is 1. The Bertz CT molecular complexity index is 1280. The summed E-state index contributed by atoms with van der Waals surface area (Å²) in [5.74, 6) is 0.619. The molecule has 4 aromatic rings. The lowest BCUT2D eigenvalue weighted by molar-refractivity contribution is 0.590. The van der Waals surface area contributed by atoms with Gasteiger partial charge in [0.15, 0.2) is 5.65 Å². The van der Waals surface area contributed by atoms with Gasteiger partial charge in [0.1, 0.15) is 10.7 Å². The number of hydrogen-bond donors (Lipinski definition) is 0. The molecule has 29 heavy (non-hydrogen) atoms. The molecule has 8 heteroatoms. The van der Waals surface area contributed by atoms with Gasteiger partial charge in [-0.1, -0.05) is 35.9 Å². The highest BCUT2D eigenvalue weighted by molar-refractivity contribution is 7.93. The monoisotopic (exact) mass is 426 g/mol. The van der Waals surface area contributed by atoms with E-state index >= 15 is 0 Å². The first-order valence-electron chi connectivity index (χ1n) is 9.01. The number of aryl methyl sites for hydroxylation is 2. The molecule has 0 saturated carbocycles. The molecule has 6 nitrogen and oxygen atoms in total. The molecule has 0 bridgehead atoms. The second-order valence-electron chi connectivity index (χ2n) is 6.73. The van der Waals surface area contributed by atoms with Crippen molar-refractivity contribution in [2.75, 3.05) is 4.31 Å². The van der Waals surface area contributed by atoms with Gasteiger partial charge in [-0.05, 0) is 61.4 Å². The molecular weight excluding hydrogens is 408 g/mol. The molecule has 0 atom stereocenters. The van der Waals surface area contributed by atoms with Gasteiger partial charge in [-0.3, -0.25) is 8.71 Å². The van der Waals surface area contributed by atoms with Crippen molar-refractivity contribution in [2.45, 2.75) is 25.3 Å². The number of aromatic nitrogens is 3. The van der Waals surface area contributed by atoms with E-state index in [-0.39, 0.29) is 11.4 Å². The van der Waals surface area contributed by atoms with Gasteiger partial charge in [0.2, 0.25) is 0 Å². The number of rotatable bonds is 5. The Kier molecular flexibility index (Phi) is 5.02. The lowest BCUT2D eigenvalue weighted by Gasteiger charge is -2.25. The van der Waals surface area contributed by atoms with Crippen LogP contribution in [0.25, 0.3) is 5.65 Å². The van der Waals surface area contributed by atoms with Crippen LogP contribution in [-0.4, -0.2) is 23.0 Å². The van der Waals surface area contributed by atoms with Crippen molar-refractivity contribution in [2.24, 2.45) is 0 Å². The first-order valence-corrected chi connectivity index (χ1v) is 10.8. The number of anilines is 1. The summed E-state index contributed by atoms with van der Waals surface area (Å²) < 4.78 is 30.6. The van der Waals surface area contributed by atoms with Crippen LogP contribution < -0.4 is 4.31 Å². The van der Waals surface area contributed by atoms with Crippen LogP contribution in [0.3, 0.4) is 0 Å². The minimum atomic E-state index is -3.93. The molecule has 0 aliphatic rings. The molecule has 0 amide bonds. The Morgan fingerprint density at radius 2 is 1.69 bits per heavy atom. The van der Waals surface area contributed by atoms with Crippen LogP contribution in [0.4, 0.5) is 5.69 Å². The Hall–Kier alpha value is -2.90. The van der Waals surface area contributed by atoms with Crippen molar-refractivity contribution in [1.82, 2.24) is 14.6 Å². The van der Waals surface area contributed by atoms with E-state index in [0.717, 1.165) is 11.1 Å². The van der Waals surface area contributed by atoms with E-state index in [1.807, 2.05) is 31.2 Å². The fourth-order valence-electron chi connectivity index (χ4n) is 3.19. The van der Waals surface area contributed by atoms with Crippen molar-refractivity contribution in [3.8, 4) is 0 Å². The Morgan fingerprint density at radius 1 is 0.966 bits per heavy atom. The predicted octanol–water partition coefficient (Wildman–Crippen LogP) is 4.40. The summed E-state index contributed by atoms with van der Waals surface area (Å²) in [6.07, 6.45) is 1.75. The van der Waals surface area contributed by atoms with Crippen molar-refractivity contribution < 1.29 is 8.42 Å². The van der Waals surface area contributed by atoms with Crippen LogP contribution >= 0.6 is 11.6 Å². The Morgan fingerprint density at radius 3 is 2.41 bits per heavy atom. The van der Waals surface area contributed by atoms with Gasteiger partial charge < -0.3 is 0 Å². The highest BCUT2D eigenvalue weighted by atomic mass is 35.5. The van der Waals surface area contributed by atoms with Crippen LogP contribution in [0.5, 0.6) is 0 Å². The Balaban J connectivity index is 1.89. The summed E-state index contributed by atoms with van der Waals surface area (Å²) in [4.78, 5) is 0.101. The standard InChI is InChI=1S/C21H19ClN4O2S/c1-15-6-3-4-7-17(15)14-26(19-11-9-18(22)10-12-19)29(27,28)20-8-5-13-25-16(2)23-24-21(20)25/h3-13H,14H2,1-2H3. The number of sulfonamides is 1. The maximum atomic E-state index is 13.8. The third kappa shape index (κ3) is 3.59. The fourth-order valence-corrected chi connectivity index (χ4v) is 4.88. The van der Waals surface area contributed by atoms with Crippen LogP contribution in [0, 0.1) is 13.8 Å². The molecule has 4 rings (SSSR count). The SMILES string of the molecule is Cc1ccccc1CN(c1ccc(Cl)cc1)S(=O)(=O)c1cccn2c(C)nnc12. The zero-order valence-electron chi connectivity index (χ0n) is 15.9. The molecule has 0 N–H and O–H groups in total. The second-order valence-corrected chi connectivity index (χ2v) is 9.00. The second kappa shape index (κ2) is 7.50. The topological polar surface area (TPSA) is 67.6 Å². The van der Waals surface area contributed by atoms with Gasteiger partial charge in [-0.25, -0.2) is 8.42 Å². The van der Waals surface area contributed by atoms with Gasteiger partial charge in [-0.2, -0.15) is 0 Å². The van der Waals surface area contributed by atoms with Gasteiger partial charge in [0, 0.05) is 11.2 Å². The van der Waals surface area contributed by atoms with Gasteiger partial charge in [0.05, 0.1) is 12.2 Å². The van der Waals surface area contributed by atoms with E-state index in [9.17, 15) is 8.42 Å². The minimum absolute atomic E-state index is 0.101. The van der Waals surface area contributed by atoms with Crippen LogP contribution in [0.1, 0.15) is 17.0 Å². The number of hydrogen-bond acceptors (Lipinski definition) is 4. The van der Waals surface area contributed by atoms with E-state index in [0.29, 0.717) is 22.2 Å². The molecule has 0 unspecified atom stereocenters. The molecule has 2 aromatic carbocycles. The van der Waals surface area contributed by atoms with Gasteiger partial charge in [-0.15, -0.1) is 10.2 Å². The highest BCUT2D eigenvalue weighted by Gasteiger charge is 2.29. The zero-order chi connectivity index (χ0) is 20.6. The van der Waals surface area contributed by atoms with Crippen molar-refractivity contribution in [3.05, 3.63) is 88.8 Å². The first-order chi connectivity index (χ1) is 13.9. The molecule has 0 radical (unpaired) electrons. The first kappa shape index (κ1) is 19.4. The summed E-state index contributed by atoms with van der Waals surface area (Å²) in [6, 6.07) is 17.7. The summed E-state index contributed by atoms with van der Waals surface area (Å²) in [5.41, 5.74) is 2.75. The van der Waals surface area contributed by atoms with Crippen LogP contribution in [0.15, 0.2) is 71.8 Å². The van der Waals surface area contributed by atoms with Gasteiger partial charge >= 0.3 is 0 Å². The van der Waals surface area contributed by atoms with Crippen molar-refractivity contribution in [3.63, 3.8) is 0 Å². The summed E-state index contributed by atoms with van der Waals surface area (Å²) in [7, 11) is -3.93. The maximum absolute atomic E-state index is 13.8. The van der Waals surface area contributed by atoms with Crippen LogP contribution in [-0.2, 0) is 16.6 Å². The molecular formula is C21H19ClN4O2S. The Labute approximate surface area is 174 Å². The normalized spacial score (nSPS) is 11.7. The lowest BCUT2D eigenvalue weighted by Crippen LogP contribution is -2.31. The third-order valence-electron chi connectivity index (χ3n) is 4.83. The molecule has 148 valence electrons. The minimum Gasteiger partial charge on any atom is -0.286 e. The average Bonchev–Trinajstić information content (AvgIpc) is 3.09. The average molecular weight is 427 g/mol. The molecule has 0 saturated heterocycles. The third-order valence-corrected chi connectivity index (χ3v) is 6.87. The van der Waals surface area contributed by atoms with E-state index in [1.165, 1.54) is 4.31 Å². The van der Waals surface area contributed by atoms with Crippen molar-refractivity contribution in [1.29, 1.82) is 0 Å². The lowest BCUT2D eigenvalue weighted by atomic mass is 10.1. The number of pyridine rings is 1. The number of halogens is 1. The largest absolute Gasteiger partial charge is 0.286 e. The zero-order valence-corrected chi connectivity index (χ0v) is 17.5. The summed E-state index contributed by atoms with van der Waals surface area (Å²) in [5, 5.41) is 8.65. The smallest absolute Gasteiger partial charge is 0.268 e. The summed E-state index contributed by atoms with van der Waals surface area (Å²) in [6.45, 7) is 3.93. The molecule has 0 aliphatic carbocycles. The molecule has 0 spiro atoms. The molecule has 2 heterocycles.